The molecule has 0 saturated heterocycles. The minimum atomic E-state index is 0.382. The first-order chi connectivity index (χ1) is 6.24. The van der Waals surface area contributed by atoms with E-state index in [1.807, 2.05) is 0 Å². The second-order valence-corrected chi connectivity index (χ2v) is 2.69. The lowest BCUT2D eigenvalue weighted by molar-refractivity contribution is -0.782. The van der Waals surface area contributed by atoms with Gasteiger partial charge in [0.2, 0.25) is 11.0 Å². The zero-order valence-corrected chi connectivity index (χ0v) is 7.27. The molecule has 0 amide bonds. The van der Waals surface area contributed by atoms with E-state index in [0.717, 1.165) is 5.56 Å². The molecule has 0 fully saturated rings. The molecule has 2 rings (SSSR count). The SMILES string of the molecule is COc1ccc2no[n+]([O-])c2c1C. The van der Waals surface area contributed by atoms with Crippen molar-refractivity contribution in [2.75, 3.05) is 7.11 Å². The van der Waals surface area contributed by atoms with Gasteiger partial charge in [-0.3, -0.25) is 4.63 Å². The standard InChI is InChI=1S/C8H8N2O3/c1-5-7(12-2)4-3-6-8(5)10(11)13-9-6/h3-4H,1-2H3. The van der Waals surface area contributed by atoms with Crippen molar-refractivity contribution in [3.8, 4) is 5.75 Å². The summed E-state index contributed by atoms with van der Waals surface area (Å²) in [6.07, 6.45) is 0. The predicted octanol–water partition coefficient (Wildman–Crippen LogP) is 0.778. The van der Waals surface area contributed by atoms with E-state index in [-0.39, 0.29) is 0 Å². The third kappa shape index (κ3) is 1.00. The Balaban J connectivity index is 2.83. The summed E-state index contributed by atoms with van der Waals surface area (Å²) in [7, 11) is 1.55. The van der Waals surface area contributed by atoms with Gasteiger partial charge in [-0.1, -0.05) is 0 Å². The number of hydrogen-bond acceptors (Lipinski definition) is 4. The molecule has 0 radical (unpaired) electrons. The number of ether oxygens (including phenoxy) is 1. The Hall–Kier alpha value is -1.78. The van der Waals surface area contributed by atoms with Gasteiger partial charge in [-0.05, 0) is 24.0 Å². The zero-order valence-electron chi connectivity index (χ0n) is 7.27. The molecule has 0 saturated carbocycles. The quantitative estimate of drug-likeness (QED) is 0.608. The van der Waals surface area contributed by atoms with Crippen LogP contribution in [0.3, 0.4) is 0 Å². The van der Waals surface area contributed by atoms with E-state index in [9.17, 15) is 5.21 Å². The Morgan fingerprint density at radius 3 is 3.00 bits per heavy atom. The molecule has 0 aliphatic carbocycles. The lowest BCUT2D eigenvalue weighted by atomic mass is 10.2. The van der Waals surface area contributed by atoms with E-state index in [2.05, 4.69) is 9.79 Å². The fourth-order valence-corrected chi connectivity index (χ4v) is 1.31. The van der Waals surface area contributed by atoms with Crippen molar-refractivity contribution in [1.82, 2.24) is 5.16 Å². The van der Waals surface area contributed by atoms with E-state index < -0.39 is 0 Å². The third-order valence-electron chi connectivity index (χ3n) is 1.98. The van der Waals surface area contributed by atoms with Gasteiger partial charge in [-0.2, -0.15) is 0 Å². The Labute approximate surface area is 74.1 Å². The number of fused-ring (bicyclic) bond motifs is 1. The maximum Gasteiger partial charge on any atom is 0.249 e. The highest BCUT2D eigenvalue weighted by atomic mass is 16.8. The number of aryl methyl sites for hydroxylation is 1. The Morgan fingerprint density at radius 2 is 2.31 bits per heavy atom. The van der Waals surface area contributed by atoms with Gasteiger partial charge in [-0.25, -0.2) is 0 Å². The smallest absolute Gasteiger partial charge is 0.249 e. The van der Waals surface area contributed by atoms with Crippen LogP contribution in [0.2, 0.25) is 0 Å². The molecule has 0 atom stereocenters. The van der Waals surface area contributed by atoms with Crippen LogP contribution in [0.1, 0.15) is 5.56 Å². The van der Waals surface area contributed by atoms with E-state index >= 15 is 0 Å². The van der Waals surface area contributed by atoms with E-state index in [0.29, 0.717) is 21.7 Å². The van der Waals surface area contributed by atoms with E-state index in [1.54, 1.807) is 26.2 Å². The second kappa shape index (κ2) is 2.62. The van der Waals surface area contributed by atoms with Gasteiger partial charge in [0, 0.05) is 10.7 Å². The first kappa shape index (κ1) is 7.85. The second-order valence-electron chi connectivity index (χ2n) is 2.69. The minimum Gasteiger partial charge on any atom is -0.496 e. The largest absolute Gasteiger partial charge is 0.496 e. The monoisotopic (exact) mass is 180 g/mol. The number of methoxy groups -OCH3 is 1. The van der Waals surface area contributed by atoms with Crippen molar-refractivity contribution < 1.29 is 14.3 Å². The van der Waals surface area contributed by atoms with Crippen molar-refractivity contribution in [1.29, 1.82) is 0 Å². The van der Waals surface area contributed by atoms with Crippen molar-refractivity contribution >= 4 is 11.0 Å². The van der Waals surface area contributed by atoms with Crippen LogP contribution in [-0.4, -0.2) is 12.3 Å². The molecule has 1 aromatic carbocycles. The molecule has 0 unspecified atom stereocenters. The molecule has 1 aromatic heterocycles. The maximum absolute atomic E-state index is 11.1. The van der Waals surface area contributed by atoms with Crippen molar-refractivity contribution in [2.24, 2.45) is 0 Å². The Morgan fingerprint density at radius 1 is 1.54 bits per heavy atom. The summed E-state index contributed by atoms with van der Waals surface area (Å²) in [4.78, 5) is 0.382. The number of nitrogens with zero attached hydrogens (tertiary/aromatic N) is 2. The summed E-state index contributed by atoms with van der Waals surface area (Å²) in [5.41, 5.74) is 1.68. The van der Waals surface area contributed by atoms with Gasteiger partial charge in [-0.15, -0.1) is 0 Å². The van der Waals surface area contributed by atoms with Crippen LogP contribution < -0.4 is 9.64 Å². The van der Waals surface area contributed by atoms with E-state index in [4.69, 9.17) is 4.74 Å². The zero-order chi connectivity index (χ0) is 9.42. The van der Waals surface area contributed by atoms with Gasteiger partial charge in [0.25, 0.3) is 0 Å². The highest BCUT2D eigenvalue weighted by Crippen LogP contribution is 2.23. The molecule has 0 N–H and O–H groups in total. The summed E-state index contributed by atoms with van der Waals surface area (Å²) >= 11 is 0. The summed E-state index contributed by atoms with van der Waals surface area (Å²) in [6, 6.07) is 3.43. The molecule has 0 spiro atoms. The molecule has 5 nitrogen and oxygen atoms in total. The van der Waals surface area contributed by atoms with Gasteiger partial charge in [0.05, 0.1) is 7.11 Å². The van der Waals surface area contributed by atoms with Crippen LogP contribution >= 0.6 is 0 Å². The predicted molar refractivity (Wildman–Crippen MR) is 44.3 cm³/mol. The number of rotatable bonds is 1. The van der Waals surface area contributed by atoms with Gasteiger partial charge < -0.3 is 9.94 Å². The first-order valence-corrected chi connectivity index (χ1v) is 3.77. The van der Waals surface area contributed by atoms with Crippen molar-refractivity contribution in [3.63, 3.8) is 0 Å². The van der Waals surface area contributed by atoms with Crippen LogP contribution in [0.15, 0.2) is 16.8 Å². The molecule has 0 aliphatic heterocycles. The van der Waals surface area contributed by atoms with Crippen molar-refractivity contribution in [3.05, 3.63) is 22.9 Å². The van der Waals surface area contributed by atoms with E-state index in [1.165, 1.54) is 0 Å². The molecule has 2 aromatic rings. The molecular formula is C8H8N2O3. The fraction of sp³-hybridized carbons (Fsp3) is 0.250. The molecule has 5 heteroatoms. The molecule has 0 aliphatic rings. The number of hydrogen-bond donors (Lipinski definition) is 0. The molecule has 13 heavy (non-hydrogen) atoms. The first-order valence-electron chi connectivity index (χ1n) is 3.77. The summed E-state index contributed by atoms with van der Waals surface area (Å²) in [6.45, 7) is 1.78. The van der Waals surface area contributed by atoms with Gasteiger partial charge >= 0.3 is 0 Å². The molecule has 0 bridgehead atoms. The lowest BCUT2D eigenvalue weighted by Gasteiger charge is -2.01. The minimum absolute atomic E-state index is 0.382. The number of aromatic nitrogens is 2. The maximum atomic E-state index is 11.1. The Bertz CT molecular complexity index is 450. The van der Waals surface area contributed by atoms with Crippen LogP contribution in [0, 0.1) is 12.1 Å². The van der Waals surface area contributed by atoms with Crippen LogP contribution in [-0.2, 0) is 0 Å². The Kier molecular flexibility index (Phi) is 1.58. The van der Waals surface area contributed by atoms with Crippen LogP contribution in [0.4, 0.5) is 0 Å². The van der Waals surface area contributed by atoms with Crippen molar-refractivity contribution in [2.45, 2.75) is 6.92 Å². The summed E-state index contributed by atoms with van der Waals surface area (Å²) in [5.74, 6) is 0.653. The highest BCUT2D eigenvalue weighted by molar-refractivity contribution is 5.76. The van der Waals surface area contributed by atoms with Gasteiger partial charge in [0.15, 0.2) is 0 Å². The lowest BCUT2D eigenvalue weighted by Crippen LogP contribution is -2.23. The van der Waals surface area contributed by atoms with Crippen LogP contribution in [0.25, 0.3) is 11.0 Å². The molecular weight excluding hydrogens is 172 g/mol. The normalized spacial score (nSPS) is 10.6. The highest BCUT2D eigenvalue weighted by Gasteiger charge is 2.14. The topological polar surface area (TPSA) is 62.2 Å². The molecule has 1 heterocycles. The van der Waals surface area contributed by atoms with Crippen LogP contribution in [0.5, 0.6) is 5.75 Å². The summed E-state index contributed by atoms with van der Waals surface area (Å²) in [5, 5.41) is 14.7. The average molecular weight is 180 g/mol. The fourth-order valence-electron chi connectivity index (χ4n) is 1.31. The summed E-state index contributed by atoms with van der Waals surface area (Å²) < 4.78 is 9.51. The average Bonchev–Trinajstić information content (AvgIpc) is 2.49. The molecule has 68 valence electrons. The number of benzene rings is 1. The third-order valence-corrected chi connectivity index (χ3v) is 1.98. The van der Waals surface area contributed by atoms with Gasteiger partial charge in [0.1, 0.15) is 5.75 Å².